The van der Waals surface area contributed by atoms with Crippen LogP contribution in [0.25, 0.3) is 11.3 Å². The molecule has 0 spiro atoms. The Morgan fingerprint density at radius 1 is 1.50 bits per heavy atom. The molecule has 2 aromatic rings. The number of halogens is 1. The van der Waals surface area contributed by atoms with Crippen molar-refractivity contribution in [2.45, 2.75) is 6.92 Å². The molecule has 0 fully saturated rings. The van der Waals surface area contributed by atoms with Crippen molar-refractivity contribution in [2.75, 3.05) is 0 Å². The van der Waals surface area contributed by atoms with Gasteiger partial charge >= 0.3 is 5.97 Å². The molecule has 2 N–H and O–H groups in total. The van der Waals surface area contributed by atoms with Gasteiger partial charge in [0.25, 0.3) is 0 Å². The molecule has 0 unspecified atom stereocenters. The number of aromatic carboxylic acids is 1. The van der Waals surface area contributed by atoms with Crippen molar-refractivity contribution in [1.82, 2.24) is 10.2 Å². The molecule has 1 heterocycles. The van der Waals surface area contributed by atoms with Crippen molar-refractivity contribution >= 4 is 17.6 Å². The van der Waals surface area contributed by atoms with Gasteiger partial charge in [-0.15, -0.1) is 0 Å². The maximum absolute atomic E-state index is 10.9. The van der Waals surface area contributed by atoms with E-state index in [1.165, 1.54) is 6.20 Å². The van der Waals surface area contributed by atoms with Crippen molar-refractivity contribution in [3.8, 4) is 11.3 Å². The van der Waals surface area contributed by atoms with E-state index in [1.54, 1.807) is 18.2 Å². The highest BCUT2D eigenvalue weighted by atomic mass is 35.5. The number of nitrogens with one attached hydrogen (secondary N) is 1. The SMILES string of the molecule is Cc1cc(Cl)ccc1-c1[nH]ncc1C(=O)O. The Kier molecular flexibility index (Phi) is 2.66. The van der Waals surface area contributed by atoms with Gasteiger partial charge in [0.1, 0.15) is 5.56 Å². The van der Waals surface area contributed by atoms with E-state index in [1.807, 2.05) is 6.92 Å². The van der Waals surface area contributed by atoms with Crippen LogP contribution in [0.2, 0.25) is 5.02 Å². The highest BCUT2D eigenvalue weighted by Gasteiger charge is 2.15. The van der Waals surface area contributed by atoms with Gasteiger partial charge in [-0.05, 0) is 24.6 Å². The zero-order chi connectivity index (χ0) is 11.7. The third-order valence-electron chi connectivity index (χ3n) is 2.33. The normalized spacial score (nSPS) is 10.4. The number of H-pyrrole nitrogens is 1. The third kappa shape index (κ3) is 1.79. The number of aromatic amines is 1. The zero-order valence-electron chi connectivity index (χ0n) is 8.49. The molecule has 1 aromatic carbocycles. The third-order valence-corrected chi connectivity index (χ3v) is 2.56. The second-order valence-electron chi connectivity index (χ2n) is 3.42. The maximum atomic E-state index is 10.9. The lowest BCUT2D eigenvalue weighted by atomic mass is 10.0. The molecule has 1 aromatic heterocycles. The van der Waals surface area contributed by atoms with Crippen LogP contribution in [0.5, 0.6) is 0 Å². The Bertz CT molecular complexity index is 549. The Morgan fingerprint density at radius 3 is 2.88 bits per heavy atom. The predicted molar refractivity (Wildman–Crippen MR) is 60.7 cm³/mol. The average Bonchev–Trinajstić information content (AvgIpc) is 2.66. The van der Waals surface area contributed by atoms with Crippen LogP contribution in [0.4, 0.5) is 0 Å². The van der Waals surface area contributed by atoms with Gasteiger partial charge in [0, 0.05) is 10.6 Å². The lowest BCUT2D eigenvalue weighted by Gasteiger charge is -2.04. The number of carboxylic acid groups (broad SMARTS) is 1. The van der Waals surface area contributed by atoms with Crippen molar-refractivity contribution in [2.24, 2.45) is 0 Å². The van der Waals surface area contributed by atoms with Crippen LogP contribution in [0.3, 0.4) is 0 Å². The van der Waals surface area contributed by atoms with E-state index >= 15 is 0 Å². The number of aryl methyl sites for hydroxylation is 1. The van der Waals surface area contributed by atoms with E-state index in [2.05, 4.69) is 10.2 Å². The molecule has 2 rings (SSSR count). The minimum atomic E-state index is -1.00. The molecule has 0 saturated carbocycles. The minimum Gasteiger partial charge on any atom is -0.478 e. The smallest absolute Gasteiger partial charge is 0.339 e. The van der Waals surface area contributed by atoms with Crippen LogP contribution in [0.1, 0.15) is 15.9 Å². The summed E-state index contributed by atoms with van der Waals surface area (Å²) in [6.45, 7) is 1.87. The van der Waals surface area contributed by atoms with Crippen LogP contribution in [-0.2, 0) is 0 Å². The van der Waals surface area contributed by atoms with Gasteiger partial charge in [-0.3, -0.25) is 5.10 Å². The first-order valence-corrected chi connectivity index (χ1v) is 5.00. The number of rotatable bonds is 2. The van der Waals surface area contributed by atoms with Crippen molar-refractivity contribution < 1.29 is 9.90 Å². The van der Waals surface area contributed by atoms with Crippen LogP contribution in [0, 0.1) is 6.92 Å². The summed E-state index contributed by atoms with van der Waals surface area (Å²) in [5, 5.41) is 16.0. The summed E-state index contributed by atoms with van der Waals surface area (Å²) in [6.07, 6.45) is 1.30. The molecule has 0 aliphatic carbocycles. The van der Waals surface area contributed by atoms with Gasteiger partial charge in [-0.1, -0.05) is 17.7 Å². The number of hydrogen-bond acceptors (Lipinski definition) is 2. The topological polar surface area (TPSA) is 66.0 Å². The second kappa shape index (κ2) is 3.98. The van der Waals surface area contributed by atoms with Gasteiger partial charge in [0.05, 0.1) is 11.9 Å². The van der Waals surface area contributed by atoms with Crippen LogP contribution in [-0.4, -0.2) is 21.3 Å². The molecule has 0 bridgehead atoms. The van der Waals surface area contributed by atoms with Gasteiger partial charge in [-0.2, -0.15) is 5.10 Å². The molecule has 0 aliphatic heterocycles. The maximum Gasteiger partial charge on any atom is 0.339 e. The van der Waals surface area contributed by atoms with Crippen LogP contribution in [0.15, 0.2) is 24.4 Å². The predicted octanol–water partition coefficient (Wildman–Crippen LogP) is 2.74. The van der Waals surface area contributed by atoms with E-state index in [9.17, 15) is 4.79 Å². The number of aromatic nitrogens is 2. The molecule has 16 heavy (non-hydrogen) atoms. The van der Waals surface area contributed by atoms with Gasteiger partial charge in [0.15, 0.2) is 0 Å². The quantitative estimate of drug-likeness (QED) is 0.843. The largest absolute Gasteiger partial charge is 0.478 e. The number of carbonyl (C=O) groups is 1. The first-order valence-electron chi connectivity index (χ1n) is 4.63. The fourth-order valence-corrected chi connectivity index (χ4v) is 1.79. The zero-order valence-corrected chi connectivity index (χ0v) is 9.25. The highest BCUT2D eigenvalue weighted by Crippen LogP contribution is 2.26. The van der Waals surface area contributed by atoms with Crippen molar-refractivity contribution in [1.29, 1.82) is 0 Å². The van der Waals surface area contributed by atoms with Crippen LogP contribution < -0.4 is 0 Å². The van der Waals surface area contributed by atoms with Crippen molar-refractivity contribution in [3.05, 3.63) is 40.5 Å². The fourth-order valence-electron chi connectivity index (χ4n) is 1.56. The molecule has 0 aliphatic rings. The molecule has 0 amide bonds. The summed E-state index contributed by atoms with van der Waals surface area (Å²) < 4.78 is 0. The number of nitrogens with zero attached hydrogens (tertiary/aromatic N) is 1. The molecule has 5 heteroatoms. The number of carboxylic acids is 1. The monoisotopic (exact) mass is 236 g/mol. The van der Waals surface area contributed by atoms with Crippen LogP contribution >= 0.6 is 11.6 Å². The summed E-state index contributed by atoms with van der Waals surface area (Å²) in [7, 11) is 0. The standard InChI is InChI=1S/C11H9ClN2O2/c1-6-4-7(12)2-3-8(6)10-9(11(15)16)5-13-14-10/h2-5H,1H3,(H,13,14)(H,15,16). The Morgan fingerprint density at radius 2 is 2.25 bits per heavy atom. The van der Waals surface area contributed by atoms with Gasteiger partial charge in [-0.25, -0.2) is 4.79 Å². The molecule has 0 radical (unpaired) electrons. The molecular formula is C11H9ClN2O2. The number of benzene rings is 1. The summed E-state index contributed by atoms with van der Waals surface area (Å²) in [4.78, 5) is 10.9. The minimum absolute atomic E-state index is 0.158. The first kappa shape index (κ1) is 10.7. The average molecular weight is 237 g/mol. The molecular weight excluding hydrogens is 228 g/mol. The highest BCUT2D eigenvalue weighted by molar-refractivity contribution is 6.30. The molecule has 0 saturated heterocycles. The molecule has 4 nitrogen and oxygen atoms in total. The molecule has 82 valence electrons. The second-order valence-corrected chi connectivity index (χ2v) is 3.86. The van der Waals surface area contributed by atoms with E-state index in [4.69, 9.17) is 16.7 Å². The lowest BCUT2D eigenvalue weighted by molar-refractivity contribution is 0.0698. The summed E-state index contributed by atoms with van der Waals surface area (Å²) in [6, 6.07) is 5.28. The van der Waals surface area contributed by atoms with Crippen molar-refractivity contribution in [3.63, 3.8) is 0 Å². The Balaban J connectivity index is 2.59. The Labute approximate surface area is 96.9 Å². The Hall–Kier alpha value is -1.81. The van der Waals surface area contributed by atoms with E-state index in [0.717, 1.165) is 11.1 Å². The van der Waals surface area contributed by atoms with Gasteiger partial charge < -0.3 is 5.11 Å². The lowest BCUT2D eigenvalue weighted by Crippen LogP contribution is -1.97. The summed E-state index contributed by atoms with van der Waals surface area (Å²) in [5.41, 5.74) is 2.35. The molecule has 0 atom stereocenters. The van der Waals surface area contributed by atoms with Gasteiger partial charge in [0.2, 0.25) is 0 Å². The van der Waals surface area contributed by atoms with E-state index in [-0.39, 0.29) is 5.56 Å². The van der Waals surface area contributed by atoms with E-state index in [0.29, 0.717) is 10.7 Å². The van der Waals surface area contributed by atoms with E-state index < -0.39 is 5.97 Å². The number of hydrogen-bond donors (Lipinski definition) is 2. The summed E-state index contributed by atoms with van der Waals surface area (Å²) >= 11 is 5.84. The summed E-state index contributed by atoms with van der Waals surface area (Å²) in [5.74, 6) is -1.00. The first-order chi connectivity index (χ1) is 7.59. The fraction of sp³-hybridized carbons (Fsp3) is 0.0909.